The molecule has 0 bridgehead atoms. The largest absolute Gasteiger partial charge is 0.366 e. The number of carbonyl (C=O) groups is 1. The van der Waals surface area contributed by atoms with Gasteiger partial charge in [0.1, 0.15) is 0 Å². The van der Waals surface area contributed by atoms with Crippen LogP contribution in [-0.4, -0.2) is 5.91 Å². The number of nitrogens with two attached hydrogens (primary N) is 1. The fourth-order valence-corrected chi connectivity index (χ4v) is 0.259. The monoisotopic (exact) mass is 111 g/mol. The first-order chi connectivity index (χ1) is 3.68. The molecule has 1 amide bonds. The van der Waals surface area contributed by atoms with Crippen molar-refractivity contribution in [2.24, 2.45) is 5.73 Å². The molecule has 2 nitrogen and oxygen atoms in total. The Kier molecular flexibility index (Phi) is 2.62. The summed E-state index contributed by atoms with van der Waals surface area (Å²) in [7, 11) is 0. The standard InChI is InChI=1S/C6H9NO/c1-3-4-5(2)6(7)8/h3-4H,1H2,2H3,(H2,7,8)/b5-4+. The van der Waals surface area contributed by atoms with E-state index in [1.165, 1.54) is 6.08 Å². The summed E-state index contributed by atoms with van der Waals surface area (Å²) < 4.78 is 0. The van der Waals surface area contributed by atoms with E-state index in [0.717, 1.165) is 0 Å². The summed E-state index contributed by atoms with van der Waals surface area (Å²) >= 11 is 0. The van der Waals surface area contributed by atoms with Crippen LogP contribution >= 0.6 is 0 Å². The molecule has 44 valence electrons. The van der Waals surface area contributed by atoms with Crippen molar-refractivity contribution in [2.45, 2.75) is 6.92 Å². The minimum Gasteiger partial charge on any atom is -0.366 e. The summed E-state index contributed by atoms with van der Waals surface area (Å²) in [5, 5.41) is 0. The van der Waals surface area contributed by atoms with Crippen molar-refractivity contribution in [3.05, 3.63) is 24.3 Å². The minimum atomic E-state index is -0.398. The molecular weight excluding hydrogens is 102 g/mol. The maximum atomic E-state index is 10.2. The number of hydrogen-bond acceptors (Lipinski definition) is 1. The lowest BCUT2D eigenvalue weighted by atomic mass is 10.3. The van der Waals surface area contributed by atoms with Gasteiger partial charge in [-0.1, -0.05) is 18.7 Å². The van der Waals surface area contributed by atoms with Crippen LogP contribution in [0.15, 0.2) is 24.3 Å². The van der Waals surface area contributed by atoms with Crippen LogP contribution in [0.25, 0.3) is 0 Å². The molecule has 0 aliphatic carbocycles. The number of hydrogen-bond donors (Lipinski definition) is 1. The summed E-state index contributed by atoms with van der Waals surface area (Å²) in [5.74, 6) is -0.398. The first-order valence-electron chi connectivity index (χ1n) is 2.27. The average Bonchev–Trinajstić information content (AvgIpc) is 1.67. The van der Waals surface area contributed by atoms with E-state index in [9.17, 15) is 4.79 Å². The van der Waals surface area contributed by atoms with Crippen LogP contribution in [0, 0.1) is 0 Å². The lowest BCUT2D eigenvalue weighted by Gasteiger charge is -1.86. The van der Waals surface area contributed by atoms with Crippen molar-refractivity contribution >= 4 is 5.91 Å². The highest BCUT2D eigenvalue weighted by molar-refractivity contribution is 5.91. The Bertz CT molecular complexity index is 135. The van der Waals surface area contributed by atoms with Gasteiger partial charge in [-0.15, -0.1) is 0 Å². The van der Waals surface area contributed by atoms with Crippen molar-refractivity contribution in [3.63, 3.8) is 0 Å². The van der Waals surface area contributed by atoms with Gasteiger partial charge in [0.2, 0.25) is 5.91 Å². The molecule has 0 aliphatic rings. The molecule has 0 rings (SSSR count). The molecule has 0 saturated heterocycles. The zero-order valence-electron chi connectivity index (χ0n) is 4.85. The predicted molar refractivity (Wildman–Crippen MR) is 33.1 cm³/mol. The molecule has 0 unspecified atom stereocenters. The highest BCUT2D eigenvalue weighted by atomic mass is 16.1. The lowest BCUT2D eigenvalue weighted by Crippen LogP contribution is -2.11. The first-order valence-corrected chi connectivity index (χ1v) is 2.27. The van der Waals surface area contributed by atoms with E-state index in [1.807, 2.05) is 0 Å². The Hall–Kier alpha value is -1.05. The van der Waals surface area contributed by atoms with Gasteiger partial charge in [0, 0.05) is 5.57 Å². The summed E-state index contributed by atoms with van der Waals surface area (Å²) in [4.78, 5) is 10.2. The summed E-state index contributed by atoms with van der Waals surface area (Å²) in [6.45, 7) is 5.04. The van der Waals surface area contributed by atoms with Crippen molar-refractivity contribution in [3.8, 4) is 0 Å². The maximum Gasteiger partial charge on any atom is 0.244 e. The van der Waals surface area contributed by atoms with Crippen LogP contribution in [0.1, 0.15) is 6.92 Å². The SMILES string of the molecule is C=C/C=C(\C)C(N)=O. The smallest absolute Gasteiger partial charge is 0.244 e. The maximum absolute atomic E-state index is 10.2. The molecular formula is C6H9NO. The van der Waals surface area contributed by atoms with Crippen LogP contribution in [0.3, 0.4) is 0 Å². The third kappa shape index (κ3) is 2.18. The summed E-state index contributed by atoms with van der Waals surface area (Å²) in [5.41, 5.74) is 5.39. The van der Waals surface area contributed by atoms with Crippen LogP contribution in [-0.2, 0) is 4.79 Å². The number of amides is 1. The van der Waals surface area contributed by atoms with Gasteiger partial charge in [-0.05, 0) is 6.92 Å². The van der Waals surface area contributed by atoms with E-state index >= 15 is 0 Å². The van der Waals surface area contributed by atoms with Crippen LogP contribution < -0.4 is 5.73 Å². The van der Waals surface area contributed by atoms with E-state index in [2.05, 4.69) is 6.58 Å². The van der Waals surface area contributed by atoms with E-state index in [0.29, 0.717) is 5.57 Å². The third-order valence-corrected chi connectivity index (χ3v) is 0.757. The second-order valence-corrected chi connectivity index (χ2v) is 1.45. The molecule has 0 saturated carbocycles. The molecule has 8 heavy (non-hydrogen) atoms. The predicted octanol–water partition coefficient (Wildman–Crippen LogP) is 0.604. The molecule has 0 atom stereocenters. The topological polar surface area (TPSA) is 43.1 Å². The van der Waals surface area contributed by atoms with Crippen molar-refractivity contribution in [2.75, 3.05) is 0 Å². The highest BCUT2D eigenvalue weighted by Gasteiger charge is 1.91. The minimum absolute atomic E-state index is 0.398. The average molecular weight is 111 g/mol. The van der Waals surface area contributed by atoms with Gasteiger partial charge in [-0.25, -0.2) is 0 Å². The van der Waals surface area contributed by atoms with E-state index in [1.54, 1.807) is 13.0 Å². The Morgan fingerprint density at radius 2 is 2.25 bits per heavy atom. The van der Waals surface area contributed by atoms with Gasteiger partial charge in [0.25, 0.3) is 0 Å². The van der Waals surface area contributed by atoms with Gasteiger partial charge in [0.05, 0.1) is 0 Å². The number of rotatable bonds is 2. The molecule has 0 heterocycles. The molecule has 0 aromatic carbocycles. The summed E-state index contributed by atoms with van der Waals surface area (Å²) in [6, 6.07) is 0. The quantitative estimate of drug-likeness (QED) is 0.411. The van der Waals surface area contributed by atoms with Gasteiger partial charge in [-0.2, -0.15) is 0 Å². The number of carbonyl (C=O) groups excluding carboxylic acids is 1. The Balaban J connectivity index is 3.99. The van der Waals surface area contributed by atoms with Crippen LogP contribution in [0.5, 0.6) is 0 Å². The molecule has 2 N–H and O–H groups in total. The first kappa shape index (κ1) is 6.95. The third-order valence-electron chi connectivity index (χ3n) is 0.757. The molecule has 2 heteroatoms. The van der Waals surface area contributed by atoms with Gasteiger partial charge >= 0.3 is 0 Å². The van der Waals surface area contributed by atoms with E-state index in [4.69, 9.17) is 5.73 Å². The number of primary amides is 1. The van der Waals surface area contributed by atoms with Crippen LogP contribution in [0.2, 0.25) is 0 Å². The molecule has 0 aromatic rings. The normalized spacial score (nSPS) is 10.9. The number of allylic oxidation sites excluding steroid dienone is 2. The lowest BCUT2D eigenvalue weighted by molar-refractivity contribution is -0.114. The van der Waals surface area contributed by atoms with Gasteiger partial charge in [0.15, 0.2) is 0 Å². The Morgan fingerprint density at radius 3 is 2.38 bits per heavy atom. The van der Waals surface area contributed by atoms with E-state index in [-0.39, 0.29) is 0 Å². The van der Waals surface area contributed by atoms with Crippen LogP contribution in [0.4, 0.5) is 0 Å². The second kappa shape index (κ2) is 3.02. The molecule has 0 aromatic heterocycles. The fourth-order valence-electron chi connectivity index (χ4n) is 0.259. The molecule has 0 spiro atoms. The fraction of sp³-hybridized carbons (Fsp3) is 0.167. The molecule has 0 fully saturated rings. The van der Waals surface area contributed by atoms with Gasteiger partial charge in [-0.3, -0.25) is 4.79 Å². The zero-order valence-corrected chi connectivity index (χ0v) is 4.85. The van der Waals surface area contributed by atoms with Crippen molar-refractivity contribution in [1.82, 2.24) is 0 Å². The summed E-state index contributed by atoms with van der Waals surface area (Å²) in [6.07, 6.45) is 3.10. The van der Waals surface area contributed by atoms with Gasteiger partial charge < -0.3 is 5.73 Å². The Morgan fingerprint density at radius 1 is 1.75 bits per heavy atom. The second-order valence-electron chi connectivity index (χ2n) is 1.45. The van der Waals surface area contributed by atoms with Crippen molar-refractivity contribution in [1.29, 1.82) is 0 Å². The zero-order chi connectivity index (χ0) is 6.57. The van der Waals surface area contributed by atoms with E-state index < -0.39 is 5.91 Å². The molecule has 0 radical (unpaired) electrons. The molecule has 0 aliphatic heterocycles. The highest BCUT2D eigenvalue weighted by Crippen LogP contribution is 1.87. The van der Waals surface area contributed by atoms with Crippen molar-refractivity contribution < 1.29 is 4.79 Å². The Labute approximate surface area is 48.7 Å².